The van der Waals surface area contributed by atoms with Crippen molar-refractivity contribution in [3.05, 3.63) is 29.8 Å². The Morgan fingerprint density at radius 1 is 1.00 bits per heavy atom. The van der Waals surface area contributed by atoms with Crippen LogP contribution in [-0.4, -0.2) is 49.9 Å². The maximum Gasteiger partial charge on any atom is 0.253 e. The fourth-order valence-electron chi connectivity index (χ4n) is 3.98. The van der Waals surface area contributed by atoms with E-state index in [0.717, 1.165) is 25.7 Å². The molecule has 1 aliphatic carbocycles. The van der Waals surface area contributed by atoms with Crippen LogP contribution in [0.2, 0.25) is 0 Å². The molecule has 1 aromatic carbocycles. The zero-order valence-corrected chi connectivity index (χ0v) is 17.1. The standard InChI is InChI=1S/C20H29N3O4S/c1-28(26,27)23-13-11-15(12-14-23)19(24)22-18-10-6-5-9-17(18)20(25)21-16-7-3-2-4-8-16/h5-6,9-10,15-16H,2-4,7-8,11-14H2,1H3,(H,21,25)(H,22,24). The van der Waals surface area contributed by atoms with Crippen LogP contribution in [0.15, 0.2) is 24.3 Å². The van der Waals surface area contributed by atoms with Gasteiger partial charge in [-0.05, 0) is 37.8 Å². The molecule has 2 amide bonds. The molecular formula is C20H29N3O4S. The molecular weight excluding hydrogens is 378 g/mol. The van der Waals surface area contributed by atoms with Crippen molar-refractivity contribution in [2.75, 3.05) is 24.7 Å². The first-order valence-corrected chi connectivity index (χ1v) is 11.9. The summed E-state index contributed by atoms with van der Waals surface area (Å²) in [4.78, 5) is 25.4. The topological polar surface area (TPSA) is 95.6 Å². The number of hydrogen-bond donors (Lipinski definition) is 2. The minimum absolute atomic E-state index is 0.158. The van der Waals surface area contributed by atoms with E-state index >= 15 is 0 Å². The zero-order valence-electron chi connectivity index (χ0n) is 16.3. The van der Waals surface area contributed by atoms with E-state index in [2.05, 4.69) is 10.6 Å². The van der Waals surface area contributed by atoms with Crippen molar-refractivity contribution < 1.29 is 18.0 Å². The molecule has 1 aliphatic heterocycles. The molecule has 0 unspecified atom stereocenters. The molecule has 1 saturated heterocycles. The molecule has 28 heavy (non-hydrogen) atoms. The van der Waals surface area contributed by atoms with E-state index in [1.807, 2.05) is 0 Å². The average Bonchev–Trinajstić information content (AvgIpc) is 2.68. The summed E-state index contributed by atoms with van der Waals surface area (Å²) < 4.78 is 24.6. The van der Waals surface area contributed by atoms with Gasteiger partial charge in [0.05, 0.1) is 17.5 Å². The Morgan fingerprint density at radius 3 is 2.29 bits per heavy atom. The maximum absolute atomic E-state index is 12.7. The maximum atomic E-state index is 12.7. The van der Waals surface area contributed by atoms with E-state index in [0.29, 0.717) is 37.2 Å². The molecule has 7 nitrogen and oxygen atoms in total. The lowest BCUT2D eigenvalue weighted by molar-refractivity contribution is -0.120. The normalized spacial score (nSPS) is 19.9. The van der Waals surface area contributed by atoms with Crippen LogP contribution in [0.5, 0.6) is 0 Å². The van der Waals surface area contributed by atoms with Gasteiger partial charge in [0.1, 0.15) is 0 Å². The second-order valence-corrected chi connectivity index (χ2v) is 9.76. The van der Waals surface area contributed by atoms with Crippen molar-refractivity contribution in [2.45, 2.75) is 51.0 Å². The molecule has 154 valence electrons. The molecule has 0 spiro atoms. The Bertz CT molecular complexity index is 810. The Hall–Kier alpha value is -1.93. The molecule has 2 aliphatic rings. The van der Waals surface area contributed by atoms with Crippen molar-refractivity contribution in [2.24, 2.45) is 5.92 Å². The van der Waals surface area contributed by atoms with Gasteiger partial charge in [0, 0.05) is 25.0 Å². The van der Waals surface area contributed by atoms with Gasteiger partial charge in [-0.3, -0.25) is 9.59 Å². The van der Waals surface area contributed by atoms with E-state index in [4.69, 9.17) is 0 Å². The van der Waals surface area contributed by atoms with Crippen molar-refractivity contribution in [1.29, 1.82) is 0 Å². The van der Waals surface area contributed by atoms with Gasteiger partial charge in [-0.15, -0.1) is 0 Å². The molecule has 8 heteroatoms. The number of piperidine rings is 1. The predicted octanol–water partition coefficient (Wildman–Crippen LogP) is 2.36. The van der Waals surface area contributed by atoms with Crippen LogP contribution in [0.25, 0.3) is 0 Å². The quantitative estimate of drug-likeness (QED) is 0.783. The van der Waals surface area contributed by atoms with Crippen LogP contribution in [0.1, 0.15) is 55.3 Å². The first kappa shape index (κ1) is 20.8. The second kappa shape index (κ2) is 9.05. The molecule has 0 bridgehead atoms. The summed E-state index contributed by atoms with van der Waals surface area (Å²) >= 11 is 0. The fraction of sp³-hybridized carbons (Fsp3) is 0.600. The number of para-hydroxylation sites is 1. The van der Waals surface area contributed by atoms with Gasteiger partial charge in [-0.2, -0.15) is 0 Å². The first-order chi connectivity index (χ1) is 13.3. The summed E-state index contributed by atoms with van der Waals surface area (Å²) in [5.41, 5.74) is 0.973. The Morgan fingerprint density at radius 2 is 1.64 bits per heavy atom. The number of benzene rings is 1. The molecule has 0 atom stereocenters. The van der Waals surface area contributed by atoms with Gasteiger partial charge in [0.25, 0.3) is 5.91 Å². The Balaban J connectivity index is 1.61. The summed E-state index contributed by atoms with van der Waals surface area (Å²) in [6.45, 7) is 0.696. The number of nitrogens with zero attached hydrogens (tertiary/aromatic N) is 1. The first-order valence-electron chi connectivity index (χ1n) is 10.0. The largest absolute Gasteiger partial charge is 0.349 e. The van der Waals surface area contributed by atoms with Crippen molar-refractivity contribution in [3.63, 3.8) is 0 Å². The lowest BCUT2D eigenvalue weighted by Gasteiger charge is -2.29. The highest BCUT2D eigenvalue weighted by Gasteiger charge is 2.29. The number of sulfonamides is 1. The van der Waals surface area contributed by atoms with E-state index in [1.165, 1.54) is 17.0 Å². The molecule has 1 heterocycles. The molecule has 0 aromatic heterocycles. The zero-order chi connectivity index (χ0) is 20.1. The lowest BCUT2D eigenvalue weighted by atomic mass is 9.95. The van der Waals surface area contributed by atoms with E-state index < -0.39 is 10.0 Å². The smallest absolute Gasteiger partial charge is 0.253 e. The SMILES string of the molecule is CS(=O)(=O)N1CCC(C(=O)Nc2ccccc2C(=O)NC2CCCCC2)CC1. The third-order valence-electron chi connectivity index (χ3n) is 5.66. The summed E-state index contributed by atoms with van der Waals surface area (Å²) in [7, 11) is -3.22. The number of rotatable bonds is 5. The Kier molecular flexibility index (Phi) is 6.72. The summed E-state index contributed by atoms with van der Waals surface area (Å²) in [5.74, 6) is -0.576. The number of anilines is 1. The van der Waals surface area contributed by atoms with Gasteiger partial charge in [-0.25, -0.2) is 12.7 Å². The molecule has 2 N–H and O–H groups in total. The van der Waals surface area contributed by atoms with Gasteiger partial charge in [0.2, 0.25) is 15.9 Å². The van der Waals surface area contributed by atoms with Crippen LogP contribution < -0.4 is 10.6 Å². The number of carbonyl (C=O) groups is 2. The van der Waals surface area contributed by atoms with Gasteiger partial charge >= 0.3 is 0 Å². The molecule has 3 rings (SSSR count). The number of amides is 2. The summed E-state index contributed by atoms with van der Waals surface area (Å²) in [6, 6.07) is 7.24. The number of nitrogens with one attached hydrogen (secondary N) is 2. The highest BCUT2D eigenvalue weighted by Crippen LogP contribution is 2.23. The van der Waals surface area contributed by atoms with Gasteiger partial charge in [-0.1, -0.05) is 31.4 Å². The minimum atomic E-state index is -3.22. The van der Waals surface area contributed by atoms with Crippen molar-refractivity contribution >= 4 is 27.5 Å². The van der Waals surface area contributed by atoms with Gasteiger partial charge < -0.3 is 10.6 Å². The minimum Gasteiger partial charge on any atom is -0.349 e. The third-order valence-corrected chi connectivity index (χ3v) is 6.97. The lowest BCUT2D eigenvalue weighted by Crippen LogP contribution is -2.41. The average molecular weight is 408 g/mol. The molecule has 1 aromatic rings. The number of hydrogen-bond acceptors (Lipinski definition) is 4. The van der Waals surface area contributed by atoms with Crippen LogP contribution in [0.4, 0.5) is 5.69 Å². The predicted molar refractivity (Wildman–Crippen MR) is 109 cm³/mol. The van der Waals surface area contributed by atoms with E-state index in [1.54, 1.807) is 24.3 Å². The van der Waals surface area contributed by atoms with Gasteiger partial charge in [0.15, 0.2) is 0 Å². The summed E-state index contributed by atoms with van der Waals surface area (Å²) in [6.07, 6.45) is 7.64. The Labute approximate surface area is 166 Å². The van der Waals surface area contributed by atoms with Crippen LogP contribution in [0.3, 0.4) is 0 Å². The highest BCUT2D eigenvalue weighted by molar-refractivity contribution is 7.88. The monoisotopic (exact) mass is 407 g/mol. The van der Waals surface area contributed by atoms with Crippen LogP contribution in [0, 0.1) is 5.92 Å². The van der Waals surface area contributed by atoms with Crippen LogP contribution in [-0.2, 0) is 14.8 Å². The summed E-state index contributed by atoms with van der Waals surface area (Å²) in [5, 5.41) is 5.97. The van der Waals surface area contributed by atoms with Crippen molar-refractivity contribution in [1.82, 2.24) is 9.62 Å². The number of carbonyl (C=O) groups excluding carboxylic acids is 2. The van der Waals surface area contributed by atoms with Crippen molar-refractivity contribution in [3.8, 4) is 0 Å². The highest BCUT2D eigenvalue weighted by atomic mass is 32.2. The molecule has 2 fully saturated rings. The molecule has 1 saturated carbocycles. The van der Waals surface area contributed by atoms with E-state index in [9.17, 15) is 18.0 Å². The van der Waals surface area contributed by atoms with E-state index in [-0.39, 0.29) is 23.8 Å². The van der Waals surface area contributed by atoms with Crippen LogP contribution >= 0.6 is 0 Å². The molecule has 0 radical (unpaired) electrons. The second-order valence-electron chi connectivity index (χ2n) is 7.78. The third kappa shape index (κ3) is 5.32. The fourth-order valence-corrected chi connectivity index (χ4v) is 4.86.